The standard InChI is InChI=1S/C21H19N3O4/c1-28-14-6-7-18-16(10-14)20(26)21(27)24(18)12-19(25)22-9-8-13-11-23-17-5-3-2-4-15(13)17/h2-7,10-11,23H,8-9,12H2,1H3,(H,22,25). The van der Waals surface area contributed by atoms with Crippen LogP contribution in [0.1, 0.15) is 15.9 Å². The smallest absolute Gasteiger partial charge is 0.299 e. The number of hydrogen-bond acceptors (Lipinski definition) is 4. The number of para-hydroxylation sites is 1. The number of H-pyrrole nitrogens is 1. The van der Waals surface area contributed by atoms with Gasteiger partial charge in [-0.3, -0.25) is 19.3 Å². The Morgan fingerprint density at radius 2 is 2.00 bits per heavy atom. The van der Waals surface area contributed by atoms with Gasteiger partial charge in [0.25, 0.3) is 11.7 Å². The number of fused-ring (bicyclic) bond motifs is 2. The summed E-state index contributed by atoms with van der Waals surface area (Å²) in [5, 5.41) is 3.94. The highest BCUT2D eigenvalue weighted by Gasteiger charge is 2.37. The fraction of sp³-hybridized carbons (Fsp3) is 0.190. The molecular formula is C21H19N3O4. The van der Waals surface area contributed by atoms with E-state index < -0.39 is 11.7 Å². The molecule has 2 heterocycles. The zero-order chi connectivity index (χ0) is 19.7. The van der Waals surface area contributed by atoms with Crippen molar-refractivity contribution in [2.75, 3.05) is 25.1 Å². The first-order valence-electron chi connectivity index (χ1n) is 8.94. The molecule has 0 spiro atoms. The Hall–Kier alpha value is -3.61. The van der Waals surface area contributed by atoms with E-state index >= 15 is 0 Å². The third kappa shape index (κ3) is 3.11. The summed E-state index contributed by atoms with van der Waals surface area (Å²) in [5.41, 5.74) is 2.86. The predicted octanol–water partition coefficient (Wildman–Crippen LogP) is 2.06. The summed E-state index contributed by atoms with van der Waals surface area (Å²) in [7, 11) is 1.49. The number of carbonyl (C=O) groups excluding carboxylic acids is 3. The van der Waals surface area contributed by atoms with Crippen molar-refractivity contribution in [3.63, 3.8) is 0 Å². The monoisotopic (exact) mass is 377 g/mol. The van der Waals surface area contributed by atoms with E-state index in [2.05, 4.69) is 10.3 Å². The fourth-order valence-corrected chi connectivity index (χ4v) is 3.44. The van der Waals surface area contributed by atoms with Crippen molar-refractivity contribution >= 4 is 34.2 Å². The van der Waals surface area contributed by atoms with Crippen LogP contribution in [0.4, 0.5) is 5.69 Å². The number of amides is 2. The normalized spacial score (nSPS) is 13.1. The quantitative estimate of drug-likeness (QED) is 0.644. The molecule has 7 heteroatoms. The van der Waals surface area contributed by atoms with Gasteiger partial charge in [-0.25, -0.2) is 0 Å². The van der Waals surface area contributed by atoms with Gasteiger partial charge in [0.05, 0.1) is 18.4 Å². The van der Waals surface area contributed by atoms with Gasteiger partial charge in [-0.15, -0.1) is 0 Å². The average Bonchev–Trinajstić information content (AvgIpc) is 3.23. The number of Topliss-reactive ketones (excluding diaryl/α,β-unsaturated/α-hetero) is 1. The van der Waals surface area contributed by atoms with Gasteiger partial charge < -0.3 is 15.0 Å². The molecule has 142 valence electrons. The van der Waals surface area contributed by atoms with Crippen LogP contribution in [0.15, 0.2) is 48.7 Å². The Bertz CT molecular complexity index is 1090. The first kappa shape index (κ1) is 17.8. The maximum absolute atomic E-state index is 12.3. The number of nitrogens with one attached hydrogen (secondary N) is 2. The maximum atomic E-state index is 12.3. The zero-order valence-corrected chi connectivity index (χ0v) is 15.3. The molecule has 0 aliphatic carbocycles. The molecule has 2 N–H and O–H groups in total. The van der Waals surface area contributed by atoms with Crippen molar-refractivity contribution < 1.29 is 19.1 Å². The Balaban J connectivity index is 1.39. The molecule has 0 atom stereocenters. The molecule has 0 radical (unpaired) electrons. The van der Waals surface area contributed by atoms with Crippen LogP contribution >= 0.6 is 0 Å². The van der Waals surface area contributed by atoms with Gasteiger partial charge in [-0.2, -0.15) is 0 Å². The number of aromatic nitrogens is 1. The summed E-state index contributed by atoms with van der Waals surface area (Å²) in [6.45, 7) is 0.240. The third-order valence-corrected chi connectivity index (χ3v) is 4.87. The molecule has 0 saturated carbocycles. The van der Waals surface area contributed by atoms with Crippen molar-refractivity contribution in [1.82, 2.24) is 10.3 Å². The van der Waals surface area contributed by atoms with E-state index in [1.807, 2.05) is 30.5 Å². The lowest BCUT2D eigenvalue weighted by atomic mass is 10.1. The van der Waals surface area contributed by atoms with Crippen molar-refractivity contribution in [3.05, 3.63) is 59.8 Å². The number of methoxy groups -OCH3 is 1. The Labute approximate surface area is 161 Å². The highest BCUT2D eigenvalue weighted by Crippen LogP contribution is 2.31. The largest absolute Gasteiger partial charge is 0.497 e. The van der Waals surface area contributed by atoms with E-state index in [4.69, 9.17) is 4.74 Å². The SMILES string of the molecule is COc1ccc2c(c1)C(=O)C(=O)N2CC(=O)NCCc1c[nH]c2ccccc12. The molecule has 0 fully saturated rings. The van der Waals surface area contributed by atoms with Crippen LogP contribution in [-0.2, 0) is 16.0 Å². The van der Waals surface area contributed by atoms with Crippen LogP contribution in [0.5, 0.6) is 5.75 Å². The van der Waals surface area contributed by atoms with Crippen LogP contribution in [0.3, 0.4) is 0 Å². The predicted molar refractivity (Wildman–Crippen MR) is 105 cm³/mol. The number of anilines is 1. The number of ether oxygens (including phenoxy) is 1. The fourth-order valence-electron chi connectivity index (χ4n) is 3.44. The van der Waals surface area contributed by atoms with Gasteiger partial charge in [0.2, 0.25) is 5.91 Å². The Morgan fingerprint density at radius 1 is 1.18 bits per heavy atom. The molecule has 0 bridgehead atoms. The summed E-state index contributed by atoms with van der Waals surface area (Å²) in [4.78, 5) is 41.2. The Kier molecular flexibility index (Phi) is 4.57. The topological polar surface area (TPSA) is 91.5 Å². The zero-order valence-electron chi connectivity index (χ0n) is 15.3. The van der Waals surface area contributed by atoms with Crippen LogP contribution in [0.2, 0.25) is 0 Å². The molecule has 4 rings (SSSR count). The number of carbonyl (C=O) groups is 3. The molecule has 7 nitrogen and oxygen atoms in total. The minimum absolute atomic E-state index is 0.197. The van der Waals surface area contributed by atoms with E-state index in [1.165, 1.54) is 18.1 Å². The van der Waals surface area contributed by atoms with E-state index in [0.29, 0.717) is 24.4 Å². The first-order valence-corrected chi connectivity index (χ1v) is 8.94. The molecule has 1 aliphatic rings. The molecular weight excluding hydrogens is 358 g/mol. The lowest BCUT2D eigenvalue weighted by molar-refractivity contribution is -0.122. The van der Waals surface area contributed by atoms with Gasteiger partial charge in [0.1, 0.15) is 12.3 Å². The highest BCUT2D eigenvalue weighted by atomic mass is 16.5. The molecule has 2 aromatic carbocycles. The number of benzene rings is 2. The van der Waals surface area contributed by atoms with E-state index in [9.17, 15) is 14.4 Å². The summed E-state index contributed by atoms with van der Waals surface area (Å²) in [5.74, 6) is -1.15. The van der Waals surface area contributed by atoms with Crippen LogP contribution in [0, 0.1) is 0 Å². The number of nitrogens with zero attached hydrogens (tertiary/aromatic N) is 1. The van der Waals surface area contributed by atoms with E-state index in [-0.39, 0.29) is 18.0 Å². The molecule has 1 aromatic heterocycles. The minimum Gasteiger partial charge on any atom is -0.497 e. The van der Waals surface area contributed by atoms with Crippen LogP contribution < -0.4 is 15.0 Å². The first-order chi connectivity index (χ1) is 13.6. The maximum Gasteiger partial charge on any atom is 0.299 e. The summed E-state index contributed by atoms with van der Waals surface area (Å²) < 4.78 is 5.09. The molecule has 1 aliphatic heterocycles. The molecule has 3 aromatic rings. The number of hydrogen-bond donors (Lipinski definition) is 2. The third-order valence-electron chi connectivity index (χ3n) is 4.87. The van der Waals surface area contributed by atoms with Gasteiger partial charge in [0, 0.05) is 23.6 Å². The average molecular weight is 377 g/mol. The summed E-state index contributed by atoms with van der Waals surface area (Å²) in [6.07, 6.45) is 2.60. The summed E-state index contributed by atoms with van der Waals surface area (Å²) in [6, 6.07) is 12.8. The Morgan fingerprint density at radius 3 is 2.82 bits per heavy atom. The van der Waals surface area contributed by atoms with E-state index in [0.717, 1.165) is 16.5 Å². The van der Waals surface area contributed by atoms with Gasteiger partial charge in [0.15, 0.2) is 0 Å². The van der Waals surface area contributed by atoms with Crippen LogP contribution in [0.25, 0.3) is 10.9 Å². The lowest BCUT2D eigenvalue weighted by Crippen LogP contribution is -2.40. The van der Waals surface area contributed by atoms with E-state index in [1.54, 1.807) is 12.1 Å². The lowest BCUT2D eigenvalue weighted by Gasteiger charge is -2.16. The van der Waals surface area contributed by atoms with Gasteiger partial charge in [-0.05, 0) is 36.2 Å². The number of aromatic amines is 1. The van der Waals surface area contributed by atoms with Crippen molar-refractivity contribution in [1.29, 1.82) is 0 Å². The minimum atomic E-state index is -0.699. The summed E-state index contributed by atoms with van der Waals surface area (Å²) >= 11 is 0. The number of rotatable bonds is 6. The van der Waals surface area contributed by atoms with Crippen molar-refractivity contribution in [2.24, 2.45) is 0 Å². The number of ketones is 1. The second kappa shape index (κ2) is 7.19. The van der Waals surface area contributed by atoms with Crippen molar-refractivity contribution in [3.8, 4) is 5.75 Å². The second-order valence-electron chi connectivity index (χ2n) is 6.56. The second-order valence-corrected chi connectivity index (χ2v) is 6.56. The van der Waals surface area contributed by atoms with Gasteiger partial charge >= 0.3 is 0 Å². The van der Waals surface area contributed by atoms with Crippen molar-refractivity contribution in [2.45, 2.75) is 6.42 Å². The van der Waals surface area contributed by atoms with Gasteiger partial charge in [-0.1, -0.05) is 18.2 Å². The molecule has 2 amide bonds. The van der Waals surface area contributed by atoms with Crippen LogP contribution in [-0.4, -0.2) is 42.8 Å². The molecule has 0 saturated heterocycles. The highest BCUT2D eigenvalue weighted by molar-refractivity contribution is 6.52. The molecule has 28 heavy (non-hydrogen) atoms. The molecule has 0 unspecified atom stereocenters.